The van der Waals surface area contributed by atoms with Gasteiger partial charge in [-0.15, -0.1) is 11.3 Å². The second-order valence-electron chi connectivity index (χ2n) is 6.05. The standard InChI is InChI=1S/C10H16N2S.C5H12O/c1-7(2)10-11-8-6-12(3)5-4-9(8)13-10;1-4(2)5(3)6/h7H,4-6H2,1-3H3;4-6H,1-3H3. The Labute approximate surface area is 121 Å². The van der Waals surface area contributed by atoms with Crippen molar-refractivity contribution >= 4 is 11.3 Å². The van der Waals surface area contributed by atoms with Crippen LogP contribution in [-0.2, 0) is 13.0 Å². The zero-order chi connectivity index (χ0) is 14.6. The molecule has 0 aromatic carbocycles. The molecule has 4 heteroatoms. The number of nitrogens with zero attached hydrogens (tertiary/aromatic N) is 2. The Morgan fingerprint density at radius 3 is 2.26 bits per heavy atom. The topological polar surface area (TPSA) is 36.4 Å². The fourth-order valence-corrected chi connectivity index (χ4v) is 2.66. The molecule has 0 aliphatic carbocycles. The summed E-state index contributed by atoms with van der Waals surface area (Å²) in [5, 5.41) is 9.94. The summed E-state index contributed by atoms with van der Waals surface area (Å²) in [6, 6.07) is 0. The summed E-state index contributed by atoms with van der Waals surface area (Å²) in [6.07, 6.45) is 1.04. The Morgan fingerprint density at radius 1 is 1.21 bits per heavy atom. The van der Waals surface area contributed by atoms with Crippen LogP contribution in [0.1, 0.15) is 56.1 Å². The van der Waals surface area contributed by atoms with Gasteiger partial charge in [0.2, 0.25) is 0 Å². The third kappa shape index (κ3) is 5.21. The number of hydrogen-bond donors (Lipinski definition) is 1. The lowest BCUT2D eigenvalue weighted by Crippen LogP contribution is -2.25. The van der Waals surface area contributed by atoms with E-state index in [1.54, 1.807) is 6.92 Å². The van der Waals surface area contributed by atoms with E-state index in [-0.39, 0.29) is 6.10 Å². The second-order valence-corrected chi connectivity index (χ2v) is 7.16. The summed E-state index contributed by atoms with van der Waals surface area (Å²) in [5.41, 5.74) is 1.32. The lowest BCUT2D eigenvalue weighted by Gasteiger charge is -2.20. The van der Waals surface area contributed by atoms with E-state index in [2.05, 4.69) is 30.8 Å². The molecule has 1 aliphatic rings. The number of hydrogen-bond acceptors (Lipinski definition) is 4. The molecule has 2 rings (SSSR count). The molecular formula is C15H28N2OS. The van der Waals surface area contributed by atoms with Gasteiger partial charge in [-0.1, -0.05) is 27.7 Å². The van der Waals surface area contributed by atoms with E-state index < -0.39 is 0 Å². The predicted molar refractivity (Wildman–Crippen MR) is 82.8 cm³/mol. The maximum atomic E-state index is 8.63. The minimum Gasteiger partial charge on any atom is -0.393 e. The second kappa shape index (κ2) is 7.36. The zero-order valence-corrected chi connectivity index (χ0v) is 13.9. The van der Waals surface area contributed by atoms with Gasteiger partial charge in [0, 0.05) is 23.9 Å². The van der Waals surface area contributed by atoms with Crippen molar-refractivity contribution in [1.29, 1.82) is 0 Å². The van der Waals surface area contributed by atoms with Crippen LogP contribution in [0.25, 0.3) is 0 Å². The van der Waals surface area contributed by atoms with Crippen molar-refractivity contribution < 1.29 is 5.11 Å². The number of fused-ring (bicyclic) bond motifs is 1. The van der Waals surface area contributed by atoms with Crippen LogP contribution in [0.3, 0.4) is 0 Å². The first kappa shape index (κ1) is 16.6. The zero-order valence-electron chi connectivity index (χ0n) is 13.1. The summed E-state index contributed by atoms with van der Waals surface area (Å²) in [7, 11) is 2.16. The molecule has 3 nitrogen and oxygen atoms in total. The smallest absolute Gasteiger partial charge is 0.0957 e. The normalized spacial score (nSPS) is 17.1. The van der Waals surface area contributed by atoms with Gasteiger partial charge < -0.3 is 10.0 Å². The SMILES string of the molecule is CC(C)C(C)O.CC(C)c1nc2c(s1)CCN(C)C2. The van der Waals surface area contributed by atoms with Crippen LogP contribution in [0.5, 0.6) is 0 Å². The lowest BCUT2D eigenvalue weighted by molar-refractivity contribution is 0.144. The van der Waals surface area contributed by atoms with E-state index in [4.69, 9.17) is 5.11 Å². The lowest BCUT2D eigenvalue weighted by atomic mass is 10.1. The van der Waals surface area contributed by atoms with Crippen molar-refractivity contribution in [3.8, 4) is 0 Å². The van der Waals surface area contributed by atoms with Gasteiger partial charge in [0.15, 0.2) is 0 Å². The summed E-state index contributed by atoms with van der Waals surface area (Å²) in [6.45, 7) is 12.4. The molecule has 0 amide bonds. The van der Waals surface area contributed by atoms with Crippen molar-refractivity contribution in [3.63, 3.8) is 0 Å². The average Bonchev–Trinajstić information content (AvgIpc) is 2.72. The molecule has 1 unspecified atom stereocenters. The first-order chi connectivity index (χ1) is 8.81. The predicted octanol–water partition coefficient (Wildman–Crippen LogP) is 3.28. The molecule has 1 aliphatic heterocycles. The molecule has 2 heterocycles. The highest BCUT2D eigenvalue weighted by atomic mass is 32.1. The van der Waals surface area contributed by atoms with Crippen molar-refractivity contribution in [2.24, 2.45) is 5.92 Å². The molecule has 19 heavy (non-hydrogen) atoms. The van der Waals surface area contributed by atoms with E-state index in [0.29, 0.717) is 11.8 Å². The van der Waals surface area contributed by atoms with E-state index >= 15 is 0 Å². The van der Waals surface area contributed by atoms with E-state index in [1.165, 1.54) is 28.5 Å². The monoisotopic (exact) mass is 284 g/mol. The Balaban J connectivity index is 0.000000258. The maximum Gasteiger partial charge on any atom is 0.0957 e. The minimum absolute atomic E-state index is 0.148. The van der Waals surface area contributed by atoms with Gasteiger partial charge in [-0.05, 0) is 26.3 Å². The molecule has 0 bridgehead atoms. The van der Waals surface area contributed by atoms with Gasteiger partial charge in [0.05, 0.1) is 16.8 Å². The minimum atomic E-state index is -0.148. The fraction of sp³-hybridized carbons (Fsp3) is 0.800. The summed E-state index contributed by atoms with van der Waals surface area (Å²) >= 11 is 1.91. The number of thiazole rings is 1. The summed E-state index contributed by atoms with van der Waals surface area (Å²) in [5.74, 6) is 0.992. The highest BCUT2D eigenvalue weighted by Crippen LogP contribution is 2.28. The van der Waals surface area contributed by atoms with Crippen molar-refractivity contribution in [2.45, 2.75) is 59.6 Å². The fourth-order valence-electron chi connectivity index (χ4n) is 1.60. The molecule has 0 radical (unpaired) electrons. The first-order valence-corrected chi connectivity index (χ1v) is 7.98. The van der Waals surface area contributed by atoms with Crippen LogP contribution < -0.4 is 0 Å². The number of aliphatic hydroxyl groups is 1. The van der Waals surface area contributed by atoms with E-state index in [1.807, 2.05) is 25.2 Å². The molecule has 0 saturated heterocycles. The van der Waals surface area contributed by atoms with Gasteiger partial charge in [-0.2, -0.15) is 0 Å². The van der Waals surface area contributed by atoms with Gasteiger partial charge in [0.1, 0.15) is 0 Å². The Bertz CT molecular complexity index is 379. The molecule has 1 N–H and O–H groups in total. The molecule has 110 valence electrons. The maximum absolute atomic E-state index is 8.63. The van der Waals surface area contributed by atoms with Crippen molar-refractivity contribution in [1.82, 2.24) is 9.88 Å². The van der Waals surface area contributed by atoms with Gasteiger partial charge >= 0.3 is 0 Å². The number of aromatic nitrogens is 1. The van der Waals surface area contributed by atoms with E-state index in [0.717, 1.165) is 6.54 Å². The molecule has 1 atom stereocenters. The molecule has 0 fully saturated rings. The van der Waals surface area contributed by atoms with Gasteiger partial charge in [-0.3, -0.25) is 0 Å². The molecular weight excluding hydrogens is 256 g/mol. The number of likely N-dealkylation sites (N-methyl/N-ethyl adjacent to an activating group) is 1. The Hall–Kier alpha value is -0.450. The van der Waals surface area contributed by atoms with E-state index in [9.17, 15) is 0 Å². The molecule has 0 saturated carbocycles. The average molecular weight is 284 g/mol. The third-order valence-electron chi connectivity index (χ3n) is 3.39. The van der Waals surface area contributed by atoms with Gasteiger partial charge in [0.25, 0.3) is 0 Å². The van der Waals surface area contributed by atoms with Crippen molar-refractivity contribution in [3.05, 3.63) is 15.6 Å². The molecule has 1 aromatic heterocycles. The van der Waals surface area contributed by atoms with Crippen LogP contribution in [0, 0.1) is 5.92 Å². The van der Waals surface area contributed by atoms with Crippen LogP contribution in [0.15, 0.2) is 0 Å². The molecule has 0 spiro atoms. The quantitative estimate of drug-likeness (QED) is 0.905. The number of aliphatic hydroxyl groups excluding tert-OH is 1. The number of rotatable bonds is 2. The van der Waals surface area contributed by atoms with Crippen LogP contribution >= 0.6 is 11.3 Å². The van der Waals surface area contributed by atoms with Crippen LogP contribution in [0.2, 0.25) is 0 Å². The summed E-state index contributed by atoms with van der Waals surface area (Å²) in [4.78, 5) is 8.53. The molecule has 1 aromatic rings. The highest BCUT2D eigenvalue weighted by Gasteiger charge is 2.18. The third-order valence-corrected chi connectivity index (χ3v) is 4.85. The van der Waals surface area contributed by atoms with Gasteiger partial charge in [-0.25, -0.2) is 4.98 Å². The summed E-state index contributed by atoms with van der Waals surface area (Å²) < 4.78 is 0. The Kier molecular flexibility index (Phi) is 6.43. The van der Waals surface area contributed by atoms with Crippen molar-refractivity contribution in [2.75, 3.05) is 13.6 Å². The Morgan fingerprint density at radius 2 is 1.79 bits per heavy atom. The highest BCUT2D eigenvalue weighted by molar-refractivity contribution is 7.11. The first-order valence-electron chi connectivity index (χ1n) is 7.16. The van der Waals surface area contributed by atoms with Crippen LogP contribution in [-0.4, -0.2) is 34.7 Å². The largest absolute Gasteiger partial charge is 0.393 e. The van der Waals surface area contributed by atoms with Crippen LogP contribution in [0.4, 0.5) is 0 Å².